The molecule has 0 fully saturated rings. The van der Waals surface area contributed by atoms with Crippen LogP contribution in [0.2, 0.25) is 0 Å². The number of fused-ring (bicyclic) bond motifs is 1. The minimum atomic E-state index is -0.639. The number of nitrogens with zero attached hydrogens (tertiary/aromatic N) is 1. The second-order valence-corrected chi connectivity index (χ2v) is 9.40. The molecule has 10 heteroatoms. The molecule has 0 radical (unpaired) electrons. The van der Waals surface area contributed by atoms with Crippen molar-refractivity contribution in [2.24, 2.45) is 0 Å². The molecule has 1 atom stereocenters. The van der Waals surface area contributed by atoms with Gasteiger partial charge in [0.15, 0.2) is 0 Å². The molecule has 176 valence electrons. The van der Waals surface area contributed by atoms with Gasteiger partial charge in [-0.3, -0.25) is 15.4 Å². The molecule has 0 spiro atoms. The fourth-order valence-corrected chi connectivity index (χ4v) is 3.51. The van der Waals surface area contributed by atoms with Gasteiger partial charge in [0.2, 0.25) is 0 Å². The van der Waals surface area contributed by atoms with Gasteiger partial charge >= 0.3 is 12.1 Å². The number of amides is 3. The van der Waals surface area contributed by atoms with E-state index in [0.717, 1.165) is 0 Å². The number of nitrogens with one attached hydrogen (secondary N) is 3. The van der Waals surface area contributed by atoms with Gasteiger partial charge in [-0.1, -0.05) is 6.07 Å². The Morgan fingerprint density at radius 1 is 1.12 bits per heavy atom. The molecule has 0 aliphatic carbocycles. The second kappa shape index (κ2) is 8.97. The SMILES string of the molecule is CC(C)(C)OC(=O)Nc1ccc2c(c1)C(NC(=O)Nc1cccc([N+](=O)[O-])c1)CC(C)(C)O2. The quantitative estimate of drug-likeness (QED) is 0.419. The molecular weight excluding hydrogens is 428 g/mol. The van der Waals surface area contributed by atoms with Gasteiger partial charge in [-0.2, -0.15) is 0 Å². The highest BCUT2D eigenvalue weighted by molar-refractivity contribution is 5.90. The number of hydrogen-bond donors (Lipinski definition) is 3. The number of urea groups is 1. The highest BCUT2D eigenvalue weighted by Crippen LogP contribution is 2.40. The number of hydrogen-bond acceptors (Lipinski definition) is 6. The molecule has 0 aromatic heterocycles. The Kier molecular flexibility index (Phi) is 6.48. The Hall–Kier alpha value is -3.82. The third-order valence-corrected chi connectivity index (χ3v) is 4.73. The van der Waals surface area contributed by atoms with Gasteiger partial charge in [0.05, 0.1) is 11.0 Å². The molecule has 0 saturated carbocycles. The van der Waals surface area contributed by atoms with Gasteiger partial charge in [-0.25, -0.2) is 9.59 Å². The number of carbonyl (C=O) groups is 2. The van der Waals surface area contributed by atoms with Crippen LogP contribution in [-0.4, -0.2) is 28.2 Å². The highest BCUT2D eigenvalue weighted by atomic mass is 16.6. The molecule has 3 rings (SSSR count). The van der Waals surface area contributed by atoms with E-state index < -0.39 is 34.3 Å². The molecule has 0 saturated heterocycles. The van der Waals surface area contributed by atoms with Crippen LogP contribution in [-0.2, 0) is 4.74 Å². The number of nitro benzene ring substituents is 1. The van der Waals surface area contributed by atoms with E-state index in [2.05, 4.69) is 16.0 Å². The van der Waals surface area contributed by atoms with Crippen LogP contribution in [0.5, 0.6) is 5.75 Å². The molecule has 2 aromatic carbocycles. The van der Waals surface area contributed by atoms with E-state index in [-0.39, 0.29) is 5.69 Å². The smallest absolute Gasteiger partial charge is 0.412 e. The van der Waals surface area contributed by atoms with Crippen LogP contribution in [0.25, 0.3) is 0 Å². The monoisotopic (exact) mass is 456 g/mol. The zero-order valence-corrected chi connectivity index (χ0v) is 19.2. The lowest BCUT2D eigenvalue weighted by atomic mass is 9.89. The van der Waals surface area contributed by atoms with E-state index in [1.165, 1.54) is 18.2 Å². The predicted molar refractivity (Wildman–Crippen MR) is 124 cm³/mol. The lowest BCUT2D eigenvalue weighted by Gasteiger charge is -2.38. The van der Waals surface area contributed by atoms with Crippen molar-refractivity contribution >= 4 is 29.2 Å². The van der Waals surface area contributed by atoms with E-state index in [0.29, 0.717) is 29.1 Å². The maximum atomic E-state index is 12.7. The summed E-state index contributed by atoms with van der Waals surface area (Å²) in [5.41, 5.74) is 0.183. The highest BCUT2D eigenvalue weighted by Gasteiger charge is 2.35. The second-order valence-electron chi connectivity index (χ2n) is 9.40. The minimum absolute atomic E-state index is 0.122. The number of anilines is 2. The first kappa shape index (κ1) is 23.8. The maximum Gasteiger partial charge on any atom is 0.412 e. The molecule has 1 unspecified atom stereocenters. The lowest BCUT2D eigenvalue weighted by molar-refractivity contribution is -0.384. The van der Waals surface area contributed by atoms with Crippen LogP contribution < -0.4 is 20.7 Å². The molecule has 0 bridgehead atoms. The van der Waals surface area contributed by atoms with Crippen molar-refractivity contribution in [2.75, 3.05) is 10.6 Å². The number of ether oxygens (including phenoxy) is 2. The van der Waals surface area contributed by atoms with Crippen molar-refractivity contribution in [1.82, 2.24) is 5.32 Å². The van der Waals surface area contributed by atoms with Crippen molar-refractivity contribution < 1.29 is 24.0 Å². The van der Waals surface area contributed by atoms with E-state index in [1.807, 2.05) is 13.8 Å². The summed E-state index contributed by atoms with van der Waals surface area (Å²) >= 11 is 0. The van der Waals surface area contributed by atoms with Crippen LogP contribution in [0, 0.1) is 10.1 Å². The summed E-state index contributed by atoms with van der Waals surface area (Å²) in [6, 6.07) is 9.90. The van der Waals surface area contributed by atoms with Gasteiger partial charge in [-0.15, -0.1) is 0 Å². The zero-order chi connectivity index (χ0) is 24.4. The molecule has 33 heavy (non-hydrogen) atoms. The third kappa shape index (κ3) is 6.58. The lowest BCUT2D eigenvalue weighted by Crippen LogP contribution is -2.42. The summed E-state index contributed by atoms with van der Waals surface area (Å²) in [4.78, 5) is 35.3. The van der Waals surface area contributed by atoms with E-state index in [9.17, 15) is 19.7 Å². The Bertz CT molecular complexity index is 1080. The molecular formula is C23H28N4O6. The Morgan fingerprint density at radius 3 is 2.48 bits per heavy atom. The number of non-ortho nitro benzene ring substituents is 1. The molecule has 3 N–H and O–H groups in total. The van der Waals surface area contributed by atoms with Crippen LogP contribution >= 0.6 is 0 Å². The van der Waals surface area contributed by atoms with Gasteiger partial charge in [-0.05, 0) is 58.9 Å². The van der Waals surface area contributed by atoms with Crippen molar-refractivity contribution in [3.05, 3.63) is 58.1 Å². The maximum absolute atomic E-state index is 12.7. The van der Waals surface area contributed by atoms with Crippen LogP contribution in [0.15, 0.2) is 42.5 Å². The first-order valence-electron chi connectivity index (χ1n) is 10.5. The summed E-state index contributed by atoms with van der Waals surface area (Å²) in [6.07, 6.45) is -0.120. The van der Waals surface area contributed by atoms with Crippen LogP contribution in [0.1, 0.15) is 52.6 Å². The molecule has 1 aliphatic rings. The average molecular weight is 456 g/mol. The average Bonchev–Trinajstić information content (AvgIpc) is 2.66. The van der Waals surface area contributed by atoms with Crippen molar-refractivity contribution in [2.45, 2.75) is 58.3 Å². The fourth-order valence-electron chi connectivity index (χ4n) is 3.51. The predicted octanol–water partition coefficient (Wildman–Crippen LogP) is 5.37. The summed E-state index contributed by atoms with van der Waals surface area (Å²) in [5, 5.41) is 19.2. The summed E-state index contributed by atoms with van der Waals surface area (Å²) in [6.45, 7) is 9.14. The van der Waals surface area contributed by atoms with Crippen molar-refractivity contribution in [1.29, 1.82) is 0 Å². The van der Waals surface area contributed by atoms with Crippen molar-refractivity contribution in [3.8, 4) is 5.75 Å². The molecule has 1 heterocycles. The van der Waals surface area contributed by atoms with Gasteiger partial charge < -0.3 is 20.1 Å². The largest absolute Gasteiger partial charge is 0.487 e. The Labute approximate surface area is 191 Å². The summed E-state index contributed by atoms with van der Waals surface area (Å²) in [7, 11) is 0. The Balaban J connectivity index is 1.78. The third-order valence-electron chi connectivity index (χ3n) is 4.73. The molecule has 2 aromatic rings. The van der Waals surface area contributed by atoms with Crippen molar-refractivity contribution in [3.63, 3.8) is 0 Å². The fraction of sp³-hybridized carbons (Fsp3) is 0.391. The summed E-state index contributed by atoms with van der Waals surface area (Å²) in [5.74, 6) is 0.585. The number of rotatable bonds is 4. The minimum Gasteiger partial charge on any atom is -0.487 e. The van der Waals surface area contributed by atoms with E-state index in [1.54, 1.807) is 45.0 Å². The van der Waals surface area contributed by atoms with Crippen LogP contribution in [0.4, 0.5) is 26.7 Å². The Morgan fingerprint density at radius 2 is 1.82 bits per heavy atom. The van der Waals surface area contributed by atoms with E-state index in [4.69, 9.17) is 9.47 Å². The molecule has 1 aliphatic heterocycles. The van der Waals surface area contributed by atoms with Gasteiger partial charge in [0, 0.05) is 35.5 Å². The van der Waals surface area contributed by atoms with Gasteiger partial charge in [0.1, 0.15) is 17.0 Å². The van der Waals surface area contributed by atoms with Gasteiger partial charge in [0.25, 0.3) is 5.69 Å². The topological polar surface area (TPSA) is 132 Å². The standard InChI is InChI=1S/C23H28N4O6/c1-22(2,3)33-21(29)25-15-9-10-19-17(12-15)18(13-23(4,5)32-19)26-20(28)24-14-7-6-8-16(11-14)27(30)31/h6-12,18H,13H2,1-5H3,(H,25,29)(H2,24,26,28). The molecule has 3 amide bonds. The first-order valence-corrected chi connectivity index (χ1v) is 10.5. The number of benzene rings is 2. The molecule has 10 nitrogen and oxygen atoms in total. The normalized spacial score (nSPS) is 16.6. The zero-order valence-electron chi connectivity index (χ0n) is 19.2. The van der Waals surface area contributed by atoms with E-state index >= 15 is 0 Å². The number of nitro groups is 1. The van der Waals surface area contributed by atoms with Crippen LogP contribution in [0.3, 0.4) is 0 Å². The summed E-state index contributed by atoms with van der Waals surface area (Å²) < 4.78 is 11.3. The number of carbonyl (C=O) groups excluding carboxylic acids is 2. The first-order chi connectivity index (χ1) is 15.3.